The van der Waals surface area contributed by atoms with Gasteiger partial charge in [-0.15, -0.1) is 0 Å². The van der Waals surface area contributed by atoms with Crippen molar-refractivity contribution in [1.29, 1.82) is 0 Å². The van der Waals surface area contributed by atoms with Crippen LogP contribution in [0.5, 0.6) is 5.75 Å². The Bertz CT molecular complexity index is 724. The molecule has 0 fully saturated rings. The molecular formula is C26H35NO. The summed E-state index contributed by atoms with van der Waals surface area (Å²) < 4.78 is 5.80. The maximum absolute atomic E-state index is 5.98. The van der Waals surface area contributed by atoms with Crippen LogP contribution in [0.3, 0.4) is 0 Å². The third kappa shape index (κ3) is 9.00. The van der Waals surface area contributed by atoms with Gasteiger partial charge in [0.25, 0.3) is 0 Å². The highest BCUT2D eigenvalue weighted by atomic mass is 16.5. The van der Waals surface area contributed by atoms with E-state index in [2.05, 4.69) is 43.0 Å². The van der Waals surface area contributed by atoms with Crippen LogP contribution >= 0.6 is 0 Å². The smallest absolute Gasteiger partial charge is 0.119 e. The molecule has 2 rings (SSSR count). The molecule has 2 heteroatoms. The fraction of sp³-hybridized carbons (Fsp3) is 0.462. The molecule has 0 aliphatic heterocycles. The number of benzene rings is 2. The standard InChI is InChI=1S/C26H35NO/c1-2-3-4-8-13-22-28-25-20-18-23(19-21-25)14-9-6-5-7-10-15-24-16-11-12-17-26(24)27/h11-12,16-21H,2-8,10,13,15,22,27H2,1H3. The van der Waals surface area contributed by atoms with Gasteiger partial charge in [-0.1, -0.05) is 69.1 Å². The van der Waals surface area contributed by atoms with E-state index in [1.165, 1.54) is 44.1 Å². The first-order valence-corrected chi connectivity index (χ1v) is 10.8. The summed E-state index contributed by atoms with van der Waals surface area (Å²) >= 11 is 0. The number of nitrogen functional groups attached to an aromatic ring is 1. The summed E-state index contributed by atoms with van der Waals surface area (Å²) in [4.78, 5) is 0. The van der Waals surface area contributed by atoms with Crippen molar-refractivity contribution in [2.75, 3.05) is 12.3 Å². The van der Waals surface area contributed by atoms with Crippen molar-refractivity contribution in [2.24, 2.45) is 0 Å². The molecule has 150 valence electrons. The molecule has 2 N–H and O–H groups in total. The first-order chi connectivity index (χ1) is 13.8. The van der Waals surface area contributed by atoms with Gasteiger partial charge in [0.1, 0.15) is 5.75 Å². The fourth-order valence-corrected chi connectivity index (χ4v) is 3.16. The molecule has 0 saturated heterocycles. The Morgan fingerprint density at radius 3 is 2.36 bits per heavy atom. The molecule has 0 atom stereocenters. The Kier molecular flexibility index (Phi) is 10.7. The number of hydrogen-bond donors (Lipinski definition) is 1. The molecule has 0 aliphatic carbocycles. The number of unbranched alkanes of at least 4 members (excludes halogenated alkanes) is 7. The number of ether oxygens (including phenoxy) is 1. The zero-order valence-electron chi connectivity index (χ0n) is 17.4. The van der Waals surface area contributed by atoms with E-state index in [1.807, 2.05) is 24.3 Å². The second kappa shape index (κ2) is 13.7. The van der Waals surface area contributed by atoms with Gasteiger partial charge in [-0.25, -0.2) is 0 Å². The minimum Gasteiger partial charge on any atom is -0.494 e. The average molecular weight is 378 g/mol. The van der Waals surface area contributed by atoms with Gasteiger partial charge in [0.15, 0.2) is 0 Å². The minimum absolute atomic E-state index is 0.809. The van der Waals surface area contributed by atoms with Crippen LogP contribution in [0.2, 0.25) is 0 Å². The van der Waals surface area contributed by atoms with Gasteiger partial charge < -0.3 is 10.5 Å². The molecule has 0 saturated carbocycles. The van der Waals surface area contributed by atoms with E-state index in [1.54, 1.807) is 0 Å². The van der Waals surface area contributed by atoms with Crippen molar-refractivity contribution in [3.63, 3.8) is 0 Å². The van der Waals surface area contributed by atoms with Gasteiger partial charge in [0.05, 0.1) is 6.61 Å². The molecule has 0 spiro atoms. The van der Waals surface area contributed by atoms with Crippen molar-refractivity contribution in [1.82, 2.24) is 0 Å². The van der Waals surface area contributed by atoms with Gasteiger partial charge in [-0.3, -0.25) is 0 Å². The highest BCUT2D eigenvalue weighted by Crippen LogP contribution is 2.15. The molecule has 2 aromatic rings. The third-order valence-corrected chi connectivity index (χ3v) is 4.91. The lowest BCUT2D eigenvalue weighted by atomic mass is 10.0. The van der Waals surface area contributed by atoms with E-state index >= 15 is 0 Å². The normalized spacial score (nSPS) is 10.3. The average Bonchev–Trinajstić information content (AvgIpc) is 2.72. The summed E-state index contributed by atoms with van der Waals surface area (Å²) in [6.45, 7) is 3.05. The molecule has 2 nitrogen and oxygen atoms in total. The van der Waals surface area contributed by atoms with Gasteiger partial charge in [0, 0.05) is 17.7 Å². The summed E-state index contributed by atoms with van der Waals surface area (Å²) in [6, 6.07) is 16.3. The Labute approximate surface area is 171 Å². The topological polar surface area (TPSA) is 35.2 Å². The quantitative estimate of drug-likeness (QED) is 0.251. The summed E-state index contributed by atoms with van der Waals surface area (Å²) in [6.07, 6.45) is 11.8. The Hall–Kier alpha value is -2.40. The second-order valence-corrected chi connectivity index (χ2v) is 7.35. The van der Waals surface area contributed by atoms with Crippen molar-refractivity contribution in [3.05, 3.63) is 59.7 Å². The lowest BCUT2D eigenvalue weighted by molar-refractivity contribution is 0.304. The number of anilines is 1. The van der Waals surface area contributed by atoms with Crippen LogP contribution in [0.4, 0.5) is 5.69 Å². The Balaban J connectivity index is 1.57. The van der Waals surface area contributed by atoms with E-state index in [9.17, 15) is 0 Å². The zero-order chi connectivity index (χ0) is 19.9. The molecule has 0 heterocycles. The minimum atomic E-state index is 0.809. The third-order valence-electron chi connectivity index (χ3n) is 4.91. The predicted molar refractivity (Wildman–Crippen MR) is 121 cm³/mol. The largest absolute Gasteiger partial charge is 0.494 e. The Morgan fingerprint density at radius 1 is 0.821 bits per heavy atom. The molecule has 0 unspecified atom stereocenters. The van der Waals surface area contributed by atoms with Gasteiger partial charge >= 0.3 is 0 Å². The van der Waals surface area contributed by atoms with Crippen molar-refractivity contribution < 1.29 is 4.74 Å². The summed E-state index contributed by atoms with van der Waals surface area (Å²) in [5.74, 6) is 7.49. The molecule has 0 radical (unpaired) electrons. The fourth-order valence-electron chi connectivity index (χ4n) is 3.16. The highest BCUT2D eigenvalue weighted by Gasteiger charge is 1.97. The molecular weight excluding hydrogens is 342 g/mol. The van der Waals surface area contributed by atoms with Crippen LogP contribution in [-0.4, -0.2) is 6.61 Å². The lowest BCUT2D eigenvalue weighted by Gasteiger charge is -2.05. The first-order valence-electron chi connectivity index (χ1n) is 10.8. The van der Waals surface area contributed by atoms with Crippen LogP contribution < -0.4 is 10.5 Å². The molecule has 0 bridgehead atoms. The van der Waals surface area contributed by atoms with Crippen LogP contribution in [0.1, 0.15) is 75.8 Å². The van der Waals surface area contributed by atoms with Crippen LogP contribution in [0.25, 0.3) is 0 Å². The van der Waals surface area contributed by atoms with Crippen molar-refractivity contribution in [3.8, 4) is 17.6 Å². The van der Waals surface area contributed by atoms with Crippen LogP contribution in [0.15, 0.2) is 48.5 Å². The number of para-hydroxylation sites is 1. The van der Waals surface area contributed by atoms with Crippen LogP contribution in [0, 0.1) is 11.8 Å². The number of nitrogens with two attached hydrogens (primary N) is 1. The van der Waals surface area contributed by atoms with E-state index < -0.39 is 0 Å². The monoisotopic (exact) mass is 377 g/mol. The summed E-state index contributed by atoms with van der Waals surface area (Å²) in [7, 11) is 0. The maximum Gasteiger partial charge on any atom is 0.119 e. The number of rotatable bonds is 12. The van der Waals surface area contributed by atoms with Gasteiger partial charge in [-0.2, -0.15) is 0 Å². The van der Waals surface area contributed by atoms with Crippen LogP contribution in [-0.2, 0) is 6.42 Å². The highest BCUT2D eigenvalue weighted by molar-refractivity contribution is 5.46. The van der Waals surface area contributed by atoms with E-state index in [0.29, 0.717) is 0 Å². The predicted octanol–water partition coefficient (Wildman–Crippen LogP) is 6.77. The Morgan fingerprint density at radius 2 is 1.57 bits per heavy atom. The first kappa shape index (κ1) is 21.9. The molecule has 0 aromatic heterocycles. The van der Waals surface area contributed by atoms with Crippen molar-refractivity contribution in [2.45, 2.75) is 71.1 Å². The number of aryl methyl sites for hydroxylation is 1. The van der Waals surface area contributed by atoms with Gasteiger partial charge in [0.2, 0.25) is 0 Å². The number of hydrogen-bond acceptors (Lipinski definition) is 2. The lowest BCUT2D eigenvalue weighted by Crippen LogP contribution is -1.97. The van der Waals surface area contributed by atoms with Crippen molar-refractivity contribution >= 4 is 5.69 Å². The van der Waals surface area contributed by atoms with E-state index in [-0.39, 0.29) is 0 Å². The molecule has 0 aliphatic rings. The summed E-state index contributed by atoms with van der Waals surface area (Å²) in [5.41, 5.74) is 9.21. The van der Waals surface area contributed by atoms with Gasteiger partial charge in [-0.05, 0) is 61.6 Å². The second-order valence-electron chi connectivity index (χ2n) is 7.35. The molecule has 28 heavy (non-hydrogen) atoms. The molecule has 2 aromatic carbocycles. The maximum atomic E-state index is 5.98. The SMILES string of the molecule is CCCCCCCOc1ccc(C#CCCCCCc2ccccc2N)cc1. The summed E-state index contributed by atoms with van der Waals surface area (Å²) in [5, 5.41) is 0. The van der Waals surface area contributed by atoms with E-state index in [4.69, 9.17) is 10.5 Å². The van der Waals surface area contributed by atoms with E-state index in [0.717, 1.165) is 49.3 Å². The zero-order valence-corrected chi connectivity index (χ0v) is 17.4. The molecule has 0 amide bonds.